The Kier molecular flexibility index (Phi) is 58.9. The normalized spacial score (nSPS) is 13.3. The lowest BCUT2D eigenvalue weighted by molar-refractivity contribution is -0.870. The first-order valence-electron chi connectivity index (χ1n) is 34.0. The fourth-order valence-electron chi connectivity index (χ4n) is 10.2. The van der Waals surface area contributed by atoms with Crippen molar-refractivity contribution < 1.29 is 42.1 Å². The van der Waals surface area contributed by atoms with Crippen molar-refractivity contribution in [2.45, 2.75) is 354 Å². The molecule has 2 atom stereocenters. The van der Waals surface area contributed by atoms with Gasteiger partial charge in [-0.3, -0.25) is 14.2 Å². The van der Waals surface area contributed by atoms with Crippen molar-refractivity contribution in [3.05, 3.63) is 24.3 Å². The number of unbranched alkanes of at least 4 members (excludes halogenated alkanes) is 46. The van der Waals surface area contributed by atoms with E-state index in [1.807, 2.05) is 21.1 Å². The summed E-state index contributed by atoms with van der Waals surface area (Å²) in [6.45, 7) is 4.23. The maximum Gasteiger partial charge on any atom is 0.306 e. The fraction of sp³-hybridized carbons (Fsp3) is 0.912. The van der Waals surface area contributed by atoms with E-state index in [4.69, 9.17) is 18.5 Å². The predicted molar refractivity (Wildman–Crippen MR) is 333 cm³/mol. The molecule has 0 bridgehead atoms. The number of hydrogen-bond donors (Lipinski definition) is 0. The minimum Gasteiger partial charge on any atom is -0.756 e. The van der Waals surface area contributed by atoms with Crippen LogP contribution in [0.3, 0.4) is 0 Å². The Morgan fingerprint density at radius 3 is 1.05 bits per heavy atom. The minimum atomic E-state index is -4.64. The van der Waals surface area contributed by atoms with Crippen LogP contribution >= 0.6 is 7.82 Å². The van der Waals surface area contributed by atoms with E-state index < -0.39 is 26.5 Å². The predicted octanol–water partition coefficient (Wildman–Crippen LogP) is 21.1. The number of carbonyl (C=O) groups excluding carboxylic acids is 2. The molecule has 9 nitrogen and oxygen atoms in total. The number of likely N-dealkylation sites (N-methyl/N-ethyl adjacent to an activating group) is 1. The number of nitrogens with zero attached hydrogens (tertiary/aromatic N) is 1. The highest BCUT2D eigenvalue weighted by molar-refractivity contribution is 7.45. The lowest BCUT2D eigenvalue weighted by Gasteiger charge is -2.28. The summed E-state index contributed by atoms with van der Waals surface area (Å²) in [6, 6.07) is 0. The number of quaternary nitrogens is 1. The molecule has 10 heteroatoms. The number of hydrogen-bond acceptors (Lipinski definition) is 8. The third kappa shape index (κ3) is 63.7. The van der Waals surface area contributed by atoms with Crippen LogP contribution in [0.2, 0.25) is 0 Å². The monoisotopic (exact) mass is 1120 g/mol. The van der Waals surface area contributed by atoms with Crippen molar-refractivity contribution in [2.75, 3.05) is 47.5 Å². The van der Waals surface area contributed by atoms with Crippen LogP contribution in [0, 0.1) is 0 Å². The Balaban J connectivity index is 3.80. The Labute approximate surface area is 485 Å². The molecule has 78 heavy (non-hydrogen) atoms. The van der Waals surface area contributed by atoms with Crippen molar-refractivity contribution in [3.8, 4) is 0 Å². The van der Waals surface area contributed by atoms with Crippen LogP contribution < -0.4 is 4.89 Å². The third-order valence-corrected chi connectivity index (χ3v) is 16.4. The average molecular weight is 1120 g/mol. The second-order valence-electron chi connectivity index (χ2n) is 24.6. The number of phosphoric acid groups is 1. The molecule has 2 unspecified atom stereocenters. The summed E-state index contributed by atoms with van der Waals surface area (Å²) in [7, 11) is 1.17. The summed E-state index contributed by atoms with van der Waals surface area (Å²) in [4.78, 5) is 37.8. The zero-order valence-electron chi connectivity index (χ0n) is 52.6. The van der Waals surface area contributed by atoms with Gasteiger partial charge in [-0.25, -0.2) is 0 Å². The van der Waals surface area contributed by atoms with Crippen LogP contribution in [0.5, 0.6) is 0 Å². The van der Waals surface area contributed by atoms with E-state index in [0.29, 0.717) is 17.4 Å². The summed E-state index contributed by atoms with van der Waals surface area (Å²) >= 11 is 0. The SMILES string of the molecule is CCCC/C=C\C/C=C\CCCCCCCC(=O)OC(COC(=O)CCCCCCCCCCCCCCCCCCCCCCCCCCCCCCCCCCCCCCCCCC)COP(=O)([O-])OCC[N+](C)(C)C. The number of esters is 2. The Morgan fingerprint density at radius 1 is 0.397 bits per heavy atom. The molecule has 0 aliphatic carbocycles. The smallest absolute Gasteiger partial charge is 0.306 e. The molecule has 0 aromatic carbocycles. The Bertz CT molecular complexity index is 1370. The zero-order valence-corrected chi connectivity index (χ0v) is 53.5. The molecule has 0 saturated carbocycles. The average Bonchev–Trinajstić information content (AvgIpc) is 3.41. The molecule has 0 rings (SSSR count). The third-order valence-electron chi connectivity index (χ3n) is 15.5. The van der Waals surface area contributed by atoms with Gasteiger partial charge in [0, 0.05) is 12.8 Å². The molecule has 0 radical (unpaired) electrons. The molecular formula is C68H132NO8P. The molecule has 0 amide bonds. The summed E-state index contributed by atoms with van der Waals surface area (Å²) < 4.78 is 34.1. The maximum atomic E-state index is 12.8. The summed E-state index contributed by atoms with van der Waals surface area (Å²) in [5, 5.41) is 0. The molecule has 0 fully saturated rings. The van der Waals surface area contributed by atoms with Crippen molar-refractivity contribution in [2.24, 2.45) is 0 Å². The van der Waals surface area contributed by atoms with Crippen LogP contribution in [-0.2, 0) is 32.7 Å². The van der Waals surface area contributed by atoms with Gasteiger partial charge in [0.15, 0.2) is 6.10 Å². The number of carbonyl (C=O) groups is 2. The van der Waals surface area contributed by atoms with Gasteiger partial charge in [0.25, 0.3) is 7.82 Å². The van der Waals surface area contributed by atoms with Crippen molar-refractivity contribution in [3.63, 3.8) is 0 Å². The van der Waals surface area contributed by atoms with E-state index in [2.05, 4.69) is 38.2 Å². The molecule has 0 aromatic heterocycles. The van der Waals surface area contributed by atoms with Crippen LogP contribution in [0.1, 0.15) is 348 Å². The lowest BCUT2D eigenvalue weighted by Crippen LogP contribution is -2.37. The quantitative estimate of drug-likeness (QED) is 0.0195. The Hall–Kier alpha value is -1.51. The zero-order chi connectivity index (χ0) is 57.0. The van der Waals surface area contributed by atoms with Gasteiger partial charge in [-0.15, -0.1) is 0 Å². The first-order chi connectivity index (χ1) is 38.0. The van der Waals surface area contributed by atoms with Crippen LogP contribution in [0.15, 0.2) is 24.3 Å². The van der Waals surface area contributed by atoms with Gasteiger partial charge in [-0.1, -0.05) is 321 Å². The van der Waals surface area contributed by atoms with Gasteiger partial charge in [-0.2, -0.15) is 0 Å². The van der Waals surface area contributed by atoms with E-state index in [-0.39, 0.29) is 32.0 Å². The summed E-state index contributed by atoms with van der Waals surface area (Å²) in [5.41, 5.74) is 0. The fourth-order valence-corrected chi connectivity index (χ4v) is 10.9. The van der Waals surface area contributed by atoms with Gasteiger partial charge in [0.1, 0.15) is 19.8 Å². The van der Waals surface area contributed by atoms with Gasteiger partial charge in [0.05, 0.1) is 27.7 Å². The second kappa shape index (κ2) is 60.1. The van der Waals surface area contributed by atoms with Crippen molar-refractivity contribution >= 4 is 19.8 Å². The Morgan fingerprint density at radius 2 is 0.705 bits per heavy atom. The summed E-state index contributed by atoms with van der Waals surface area (Å²) in [5.74, 6) is -0.834. The van der Waals surface area contributed by atoms with E-state index >= 15 is 0 Å². The molecule has 0 spiro atoms. The standard InChI is InChI=1S/C68H132NO8P/c1-6-8-10-12-14-16-18-20-22-23-24-25-26-27-28-29-30-31-32-33-34-35-36-37-38-39-40-41-42-43-44-45-46-47-49-50-52-54-56-58-60-67(70)74-64-66(65-76-78(72,73)75-63-62-69(3,4)5)77-68(71)61-59-57-55-53-51-48-21-19-17-15-13-11-9-7-2/h13,15,19,21,66H,6-12,14,16-18,20,22-65H2,1-5H3/b15-13-,21-19-. The molecule has 0 aliphatic rings. The number of ether oxygens (including phenoxy) is 2. The number of allylic oxidation sites excluding steroid dienone is 4. The van der Waals surface area contributed by atoms with E-state index in [1.54, 1.807) is 0 Å². The minimum absolute atomic E-state index is 0.0315. The second-order valence-corrected chi connectivity index (χ2v) is 26.0. The highest BCUT2D eigenvalue weighted by atomic mass is 31.2. The van der Waals surface area contributed by atoms with Gasteiger partial charge in [-0.05, 0) is 38.5 Å². The van der Waals surface area contributed by atoms with Gasteiger partial charge >= 0.3 is 11.9 Å². The molecular weight excluding hydrogens is 990 g/mol. The maximum absolute atomic E-state index is 12.8. The molecule has 0 heterocycles. The van der Waals surface area contributed by atoms with Crippen molar-refractivity contribution in [1.29, 1.82) is 0 Å². The largest absolute Gasteiger partial charge is 0.756 e. The molecule has 462 valence electrons. The highest BCUT2D eigenvalue weighted by Gasteiger charge is 2.22. The van der Waals surface area contributed by atoms with E-state index in [1.165, 1.54) is 250 Å². The molecule has 0 saturated heterocycles. The molecule has 0 aromatic rings. The topological polar surface area (TPSA) is 111 Å². The van der Waals surface area contributed by atoms with E-state index in [9.17, 15) is 19.0 Å². The first-order valence-corrected chi connectivity index (χ1v) is 35.5. The van der Waals surface area contributed by atoms with Gasteiger partial charge < -0.3 is 27.9 Å². The summed E-state index contributed by atoms with van der Waals surface area (Å²) in [6.07, 6.45) is 74.4. The van der Waals surface area contributed by atoms with E-state index in [0.717, 1.165) is 64.2 Å². The van der Waals surface area contributed by atoms with Crippen molar-refractivity contribution in [1.82, 2.24) is 0 Å². The van der Waals surface area contributed by atoms with Crippen LogP contribution in [0.4, 0.5) is 0 Å². The highest BCUT2D eigenvalue weighted by Crippen LogP contribution is 2.38. The van der Waals surface area contributed by atoms with Crippen LogP contribution in [-0.4, -0.2) is 70.0 Å². The molecule has 0 aliphatic heterocycles. The number of rotatable bonds is 64. The number of phosphoric ester groups is 1. The van der Waals surface area contributed by atoms with Crippen LogP contribution in [0.25, 0.3) is 0 Å². The lowest BCUT2D eigenvalue weighted by atomic mass is 10.0. The molecule has 0 N–H and O–H groups in total. The van der Waals surface area contributed by atoms with Gasteiger partial charge in [0.2, 0.25) is 0 Å². The first kappa shape index (κ1) is 76.5.